The fourth-order valence-corrected chi connectivity index (χ4v) is 5.71. The number of nitrogens with zero attached hydrogens (tertiary/aromatic N) is 2. The number of sulfonamides is 1. The second-order valence-corrected chi connectivity index (χ2v) is 10.3. The molecule has 2 heterocycles. The topological polar surface area (TPSA) is 147 Å². The van der Waals surface area contributed by atoms with Gasteiger partial charge in [0.2, 0.25) is 16.1 Å². The van der Waals surface area contributed by atoms with Crippen molar-refractivity contribution in [2.45, 2.75) is 63.5 Å². The van der Waals surface area contributed by atoms with Crippen LogP contribution in [0, 0.1) is 20.8 Å². The van der Waals surface area contributed by atoms with Gasteiger partial charge in [0.1, 0.15) is 6.04 Å². The molecule has 0 radical (unpaired) electrons. The monoisotopic (exact) mass is 502 g/mol. The van der Waals surface area contributed by atoms with Gasteiger partial charge in [0.25, 0.3) is 5.91 Å². The molecule has 188 valence electrons. The van der Waals surface area contributed by atoms with Gasteiger partial charge in [0.05, 0.1) is 10.6 Å². The lowest BCUT2D eigenvalue weighted by atomic mass is 10.1. The highest BCUT2D eigenvalue weighted by Gasteiger charge is 2.31. The molecule has 1 aliphatic rings. The van der Waals surface area contributed by atoms with Gasteiger partial charge in [-0.1, -0.05) is 28.9 Å². The maximum absolute atomic E-state index is 12.9. The average Bonchev–Trinajstić information content (AvgIpc) is 3.25. The third-order valence-electron chi connectivity index (χ3n) is 5.60. The average molecular weight is 503 g/mol. The van der Waals surface area contributed by atoms with Crippen LogP contribution in [0.25, 0.3) is 0 Å². The SMILES string of the molecule is Cc1cc(C)c(S(=O)(=O)NC(CNC(=O)C2CC(CCCc3ccccn3)=NO2)C(=O)O)c(C)c1. The lowest BCUT2D eigenvalue weighted by Gasteiger charge is -2.19. The molecule has 1 aliphatic heterocycles. The highest BCUT2D eigenvalue weighted by Crippen LogP contribution is 2.22. The van der Waals surface area contributed by atoms with Crippen molar-refractivity contribution in [3.63, 3.8) is 0 Å². The summed E-state index contributed by atoms with van der Waals surface area (Å²) in [4.78, 5) is 33.7. The van der Waals surface area contributed by atoms with Gasteiger partial charge >= 0.3 is 5.97 Å². The van der Waals surface area contributed by atoms with Crippen molar-refractivity contribution < 1.29 is 28.0 Å². The summed E-state index contributed by atoms with van der Waals surface area (Å²) < 4.78 is 28.0. The Labute approximate surface area is 204 Å². The summed E-state index contributed by atoms with van der Waals surface area (Å²) >= 11 is 0. The molecule has 0 fully saturated rings. The van der Waals surface area contributed by atoms with Crippen LogP contribution in [0.3, 0.4) is 0 Å². The number of amides is 1. The van der Waals surface area contributed by atoms with E-state index in [4.69, 9.17) is 4.84 Å². The number of oxime groups is 1. The van der Waals surface area contributed by atoms with Crippen molar-refractivity contribution in [2.75, 3.05) is 6.54 Å². The fraction of sp³-hybridized carbons (Fsp3) is 0.417. The van der Waals surface area contributed by atoms with E-state index >= 15 is 0 Å². The first-order valence-electron chi connectivity index (χ1n) is 11.3. The van der Waals surface area contributed by atoms with Crippen LogP contribution in [0.4, 0.5) is 0 Å². The summed E-state index contributed by atoms with van der Waals surface area (Å²) in [6, 6.07) is 7.59. The molecule has 1 aromatic carbocycles. The first kappa shape index (κ1) is 26.3. The Hall–Kier alpha value is -3.31. The van der Waals surface area contributed by atoms with Crippen LogP contribution in [0.2, 0.25) is 0 Å². The molecule has 0 saturated heterocycles. The van der Waals surface area contributed by atoms with E-state index in [1.54, 1.807) is 32.2 Å². The van der Waals surface area contributed by atoms with E-state index < -0.39 is 40.6 Å². The Bertz CT molecular complexity index is 1190. The molecule has 0 saturated carbocycles. The number of nitrogens with one attached hydrogen (secondary N) is 2. The van der Waals surface area contributed by atoms with Crippen LogP contribution in [0.15, 0.2) is 46.6 Å². The molecule has 35 heavy (non-hydrogen) atoms. The van der Waals surface area contributed by atoms with Crippen molar-refractivity contribution in [1.82, 2.24) is 15.0 Å². The van der Waals surface area contributed by atoms with Crippen molar-refractivity contribution in [1.29, 1.82) is 0 Å². The highest BCUT2D eigenvalue weighted by atomic mass is 32.2. The number of hydrogen-bond donors (Lipinski definition) is 3. The van der Waals surface area contributed by atoms with E-state index in [0.29, 0.717) is 24.0 Å². The first-order valence-corrected chi connectivity index (χ1v) is 12.8. The van der Waals surface area contributed by atoms with Crippen molar-refractivity contribution >= 4 is 27.6 Å². The maximum atomic E-state index is 12.9. The van der Waals surface area contributed by atoms with Crippen molar-refractivity contribution in [3.05, 3.63) is 58.9 Å². The van der Waals surface area contributed by atoms with E-state index in [1.165, 1.54) is 0 Å². The molecule has 2 aromatic rings. The van der Waals surface area contributed by atoms with Gasteiger partial charge in [0, 0.05) is 24.9 Å². The smallest absolute Gasteiger partial charge is 0.323 e. The molecule has 2 atom stereocenters. The first-order chi connectivity index (χ1) is 16.6. The highest BCUT2D eigenvalue weighted by molar-refractivity contribution is 7.89. The van der Waals surface area contributed by atoms with Gasteiger partial charge in [0.15, 0.2) is 0 Å². The predicted octanol–water partition coefficient (Wildman–Crippen LogP) is 2.02. The zero-order valence-electron chi connectivity index (χ0n) is 19.9. The normalized spacial score (nSPS) is 16.3. The standard InChI is InChI=1S/C24H30N4O6S/c1-15-11-16(2)22(17(3)12-15)35(32,33)28-20(24(30)31)14-26-23(29)21-13-19(27-34-21)9-6-8-18-7-4-5-10-25-18/h4-5,7,10-12,20-21,28H,6,8-9,13-14H2,1-3H3,(H,26,29)(H,30,31). The molecule has 0 aliphatic carbocycles. The van der Waals surface area contributed by atoms with Crippen LogP contribution < -0.4 is 10.0 Å². The summed E-state index contributed by atoms with van der Waals surface area (Å²) in [6.45, 7) is 4.71. The van der Waals surface area contributed by atoms with E-state index in [1.807, 2.05) is 25.1 Å². The van der Waals surface area contributed by atoms with Crippen LogP contribution in [0.1, 0.15) is 41.6 Å². The van der Waals surface area contributed by atoms with Crippen LogP contribution >= 0.6 is 0 Å². The zero-order valence-corrected chi connectivity index (χ0v) is 20.8. The van der Waals surface area contributed by atoms with Gasteiger partial charge in [-0.3, -0.25) is 14.6 Å². The molecule has 10 nitrogen and oxygen atoms in total. The number of carboxylic acids is 1. The number of rotatable bonds is 11. The fourth-order valence-electron chi connectivity index (χ4n) is 4.07. The van der Waals surface area contributed by atoms with Gasteiger partial charge in [-0.15, -0.1) is 0 Å². The Morgan fingerprint density at radius 3 is 2.51 bits per heavy atom. The molecule has 2 unspecified atom stereocenters. The van der Waals surface area contributed by atoms with Gasteiger partial charge in [-0.2, -0.15) is 4.72 Å². The van der Waals surface area contributed by atoms with Gasteiger partial charge < -0.3 is 15.3 Å². The Balaban J connectivity index is 1.52. The summed E-state index contributed by atoms with van der Waals surface area (Å²) in [5, 5.41) is 16.0. The second kappa shape index (κ2) is 11.4. The lowest BCUT2D eigenvalue weighted by Crippen LogP contribution is -2.50. The minimum atomic E-state index is -4.13. The quantitative estimate of drug-likeness (QED) is 0.426. The molecule has 0 bridgehead atoms. The summed E-state index contributed by atoms with van der Waals surface area (Å²) in [5.74, 6) is -1.96. The summed E-state index contributed by atoms with van der Waals surface area (Å²) in [5.41, 5.74) is 3.63. The van der Waals surface area contributed by atoms with Crippen molar-refractivity contribution in [2.24, 2.45) is 5.16 Å². The van der Waals surface area contributed by atoms with E-state index in [-0.39, 0.29) is 4.90 Å². The summed E-state index contributed by atoms with van der Waals surface area (Å²) in [6.07, 6.45) is 3.37. The molecular formula is C24H30N4O6S. The van der Waals surface area contributed by atoms with E-state index in [2.05, 4.69) is 20.2 Å². The molecule has 11 heteroatoms. The number of carboxylic acid groups (broad SMARTS) is 1. The Kier molecular flexibility index (Phi) is 8.57. The van der Waals surface area contributed by atoms with Gasteiger partial charge in [-0.05, 0) is 63.3 Å². The van der Waals surface area contributed by atoms with Crippen LogP contribution in [-0.4, -0.2) is 54.8 Å². The molecule has 3 rings (SSSR count). The number of aryl methyl sites for hydroxylation is 4. The molecule has 3 N–H and O–H groups in total. The number of carbonyl (C=O) groups is 2. The molecule has 0 spiro atoms. The van der Waals surface area contributed by atoms with Crippen LogP contribution in [0.5, 0.6) is 0 Å². The Morgan fingerprint density at radius 1 is 1.17 bits per heavy atom. The molecular weight excluding hydrogens is 472 g/mol. The minimum absolute atomic E-state index is 0.0311. The maximum Gasteiger partial charge on any atom is 0.323 e. The predicted molar refractivity (Wildman–Crippen MR) is 130 cm³/mol. The number of benzene rings is 1. The third-order valence-corrected chi connectivity index (χ3v) is 7.37. The lowest BCUT2D eigenvalue weighted by molar-refractivity contribution is -0.139. The number of pyridine rings is 1. The number of aromatic nitrogens is 1. The Morgan fingerprint density at radius 2 is 1.89 bits per heavy atom. The number of aliphatic carboxylic acids is 1. The molecule has 1 aromatic heterocycles. The van der Waals surface area contributed by atoms with E-state index in [9.17, 15) is 23.1 Å². The second-order valence-electron chi connectivity index (χ2n) is 8.62. The largest absolute Gasteiger partial charge is 0.480 e. The minimum Gasteiger partial charge on any atom is -0.480 e. The third kappa shape index (κ3) is 7.09. The summed E-state index contributed by atoms with van der Waals surface area (Å²) in [7, 11) is -4.13. The molecule has 1 amide bonds. The number of hydrogen-bond acceptors (Lipinski definition) is 7. The zero-order chi connectivity index (χ0) is 25.6. The van der Waals surface area contributed by atoms with Gasteiger partial charge in [-0.25, -0.2) is 8.42 Å². The number of carbonyl (C=O) groups excluding carboxylic acids is 1. The van der Waals surface area contributed by atoms with E-state index in [0.717, 1.165) is 29.8 Å². The van der Waals surface area contributed by atoms with Crippen molar-refractivity contribution in [3.8, 4) is 0 Å². The van der Waals surface area contributed by atoms with Crippen LogP contribution in [-0.2, 0) is 30.9 Å².